The largest absolute Gasteiger partial charge is 0.486 e. The molecule has 0 saturated heterocycles. The van der Waals surface area contributed by atoms with Crippen molar-refractivity contribution in [2.75, 3.05) is 0 Å². The van der Waals surface area contributed by atoms with Gasteiger partial charge in [-0.3, -0.25) is 5.10 Å². The van der Waals surface area contributed by atoms with E-state index in [0.717, 1.165) is 11.3 Å². The van der Waals surface area contributed by atoms with Gasteiger partial charge in [0, 0.05) is 5.02 Å². The number of rotatable bonds is 5. The quantitative estimate of drug-likeness (QED) is 0.559. The highest BCUT2D eigenvalue weighted by Crippen LogP contribution is 2.22. The number of nitrogens with one attached hydrogen (secondary N) is 1. The second-order valence-corrected chi connectivity index (χ2v) is 5.55. The van der Waals surface area contributed by atoms with E-state index in [2.05, 4.69) is 15.3 Å². The number of benzene rings is 1. The highest BCUT2D eigenvalue weighted by atomic mass is 35.5. The average molecular weight is 349 g/mol. The molecule has 6 nitrogen and oxygen atoms in total. The van der Waals surface area contributed by atoms with E-state index in [9.17, 15) is 0 Å². The Balaban J connectivity index is 1.63. The third-order valence-corrected chi connectivity index (χ3v) is 3.74. The first-order chi connectivity index (χ1) is 11.1. The summed E-state index contributed by atoms with van der Waals surface area (Å²) in [5.74, 6) is 2.03. The van der Waals surface area contributed by atoms with Gasteiger partial charge in [-0.1, -0.05) is 11.6 Å². The molecule has 0 spiro atoms. The summed E-state index contributed by atoms with van der Waals surface area (Å²) >= 11 is 11.0. The summed E-state index contributed by atoms with van der Waals surface area (Å²) in [4.78, 5) is 0. The lowest BCUT2D eigenvalue weighted by Crippen LogP contribution is -1.94. The number of aryl methyl sites for hydroxylation is 1. The van der Waals surface area contributed by atoms with Crippen LogP contribution in [0.3, 0.4) is 0 Å². The van der Waals surface area contributed by atoms with E-state index >= 15 is 0 Å². The Morgan fingerprint density at radius 3 is 3.04 bits per heavy atom. The number of aromatic amines is 1. The molecule has 3 rings (SSSR count). The first kappa shape index (κ1) is 15.5. The molecule has 0 atom stereocenters. The molecule has 1 aromatic carbocycles. The topological polar surface area (TPSA) is 68.3 Å². The van der Waals surface area contributed by atoms with Crippen LogP contribution < -0.4 is 4.74 Å². The van der Waals surface area contributed by atoms with Crippen LogP contribution in [0.4, 0.5) is 0 Å². The lowest BCUT2D eigenvalue weighted by Gasteiger charge is -2.05. The third kappa shape index (κ3) is 3.88. The van der Waals surface area contributed by atoms with Crippen LogP contribution in [0.25, 0.3) is 0 Å². The van der Waals surface area contributed by atoms with Gasteiger partial charge in [-0.25, -0.2) is 0 Å². The van der Waals surface area contributed by atoms with Gasteiger partial charge >= 0.3 is 0 Å². The monoisotopic (exact) mass is 348 g/mol. The second-order valence-electron chi connectivity index (χ2n) is 4.75. The van der Waals surface area contributed by atoms with E-state index in [1.54, 1.807) is 18.3 Å². The summed E-state index contributed by atoms with van der Waals surface area (Å²) in [6.07, 6.45) is 3.04. The molecule has 2 aromatic heterocycles. The van der Waals surface area contributed by atoms with Crippen LogP contribution in [0.5, 0.6) is 5.75 Å². The fourth-order valence-electron chi connectivity index (χ4n) is 1.85. The van der Waals surface area contributed by atoms with Crippen molar-refractivity contribution in [1.82, 2.24) is 14.9 Å². The minimum Gasteiger partial charge on any atom is -0.486 e. The normalized spacial score (nSPS) is 11.2. The number of hydrogen-bond donors (Lipinski definition) is 1. The summed E-state index contributed by atoms with van der Waals surface area (Å²) < 4.78 is 13.1. The zero-order valence-corrected chi connectivity index (χ0v) is 13.8. The molecule has 0 bridgehead atoms. The van der Waals surface area contributed by atoms with Crippen molar-refractivity contribution in [1.29, 1.82) is 0 Å². The summed E-state index contributed by atoms with van der Waals surface area (Å²) in [5.41, 5.74) is 0.966. The molecule has 0 aliphatic rings. The van der Waals surface area contributed by atoms with E-state index in [-0.39, 0.29) is 0 Å². The number of hydrogen-bond acceptors (Lipinski definition) is 5. The zero-order valence-electron chi connectivity index (χ0n) is 12.2. The number of ether oxygens (including phenoxy) is 1. The van der Waals surface area contributed by atoms with Crippen molar-refractivity contribution < 1.29 is 9.15 Å². The lowest BCUT2D eigenvalue weighted by atomic mass is 10.2. The Labute approximate surface area is 142 Å². The Hall–Kier alpha value is -2.38. The third-order valence-electron chi connectivity index (χ3n) is 3.04. The second kappa shape index (κ2) is 6.80. The van der Waals surface area contributed by atoms with Crippen LogP contribution in [0.15, 0.2) is 46.2 Å². The van der Waals surface area contributed by atoms with E-state index in [1.807, 2.05) is 25.1 Å². The molecule has 8 heteroatoms. The highest BCUT2D eigenvalue weighted by molar-refractivity contribution is 7.71. The van der Waals surface area contributed by atoms with Crippen LogP contribution >= 0.6 is 23.8 Å². The number of halogens is 1. The fourth-order valence-corrected chi connectivity index (χ4v) is 2.11. The van der Waals surface area contributed by atoms with Crippen LogP contribution in [-0.2, 0) is 6.61 Å². The Morgan fingerprint density at radius 1 is 1.43 bits per heavy atom. The van der Waals surface area contributed by atoms with Crippen LogP contribution in [0, 0.1) is 11.7 Å². The van der Waals surface area contributed by atoms with Gasteiger partial charge in [0.2, 0.25) is 4.77 Å². The molecule has 2 heterocycles. The fraction of sp³-hybridized carbons (Fsp3) is 0.133. The van der Waals surface area contributed by atoms with Crippen LogP contribution in [-0.4, -0.2) is 21.1 Å². The zero-order chi connectivity index (χ0) is 16.2. The van der Waals surface area contributed by atoms with E-state index in [0.29, 0.717) is 27.9 Å². The molecular formula is C15H13ClN4O2S. The van der Waals surface area contributed by atoms with Gasteiger partial charge in [0.1, 0.15) is 30.2 Å². The number of nitrogens with zero attached hydrogens (tertiary/aromatic N) is 3. The molecule has 0 radical (unpaired) electrons. The smallest absolute Gasteiger partial charge is 0.216 e. The molecule has 0 saturated carbocycles. The molecule has 0 unspecified atom stereocenters. The van der Waals surface area contributed by atoms with Crippen molar-refractivity contribution >= 4 is 30.0 Å². The molecule has 118 valence electrons. The first-order valence-electron chi connectivity index (χ1n) is 6.76. The molecule has 0 aliphatic heterocycles. The van der Waals surface area contributed by atoms with Gasteiger partial charge in [0.25, 0.3) is 0 Å². The van der Waals surface area contributed by atoms with Crippen LogP contribution in [0.1, 0.15) is 17.1 Å². The standard InChI is InChI=1S/C15H13ClN4O2S/c1-10-6-11(4-5-14(10)16)21-8-13-3-2-12(22-13)7-18-20-9-17-19-15(20)23/h2-7,9H,8H2,1H3,(H,19,23). The lowest BCUT2D eigenvalue weighted by molar-refractivity contribution is 0.269. The first-order valence-corrected chi connectivity index (χ1v) is 7.54. The number of aromatic nitrogens is 3. The molecule has 23 heavy (non-hydrogen) atoms. The molecule has 0 amide bonds. The van der Waals surface area contributed by atoms with Crippen molar-refractivity contribution in [3.05, 3.63) is 63.5 Å². The molecule has 1 N–H and O–H groups in total. The van der Waals surface area contributed by atoms with Crippen molar-refractivity contribution in [2.45, 2.75) is 13.5 Å². The van der Waals surface area contributed by atoms with Crippen molar-refractivity contribution in [2.24, 2.45) is 5.10 Å². The van der Waals surface area contributed by atoms with Crippen molar-refractivity contribution in [3.8, 4) is 5.75 Å². The van der Waals surface area contributed by atoms with Gasteiger partial charge in [-0.05, 0) is 55.0 Å². The van der Waals surface area contributed by atoms with Gasteiger partial charge in [0.05, 0.1) is 6.21 Å². The van der Waals surface area contributed by atoms with E-state index in [4.69, 9.17) is 33.0 Å². The summed E-state index contributed by atoms with van der Waals surface area (Å²) in [5, 5.41) is 11.2. The molecule has 0 aliphatic carbocycles. The minimum atomic E-state index is 0.319. The SMILES string of the molecule is Cc1cc(OCc2ccc(C=Nn3cn[nH]c3=S)o2)ccc1Cl. The van der Waals surface area contributed by atoms with Gasteiger partial charge in [-0.15, -0.1) is 0 Å². The molecule has 3 aromatic rings. The summed E-state index contributed by atoms with van der Waals surface area (Å²) in [7, 11) is 0. The summed E-state index contributed by atoms with van der Waals surface area (Å²) in [6.45, 7) is 2.25. The van der Waals surface area contributed by atoms with Gasteiger partial charge in [-0.2, -0.15) is 14.9 Å². The highest BCUT2D eigenvalue weighted by Gasteiger charge is 2.03. The predicted octanol–water partition coefficient (Wildman–Crippen LogP) is 3.96. The number of furan rings is 1. The summed E-state index contributed by atoms with van der Waals surface area (Å²) in [6, 6.07) is 9.15. The molecule has 0 fully saturated rings. The minimum absolute atomic E-state index is 0.319. The van der Waals surface area contributed by atoms with Crippen molar-refractivity contribution in [3.63, 3.8) is 0 Å². The maximum Gasteiger partial charge on any atom is 0.216 e. The Bertz CT molecular complexity index is 897. The van der Waals surface area contributed by atoms with E-state index in [1.165, 1.54) is 11.0 Å². The molecular weight excluding hydrogens is 336 g/mol. The predicted molar refractivity (Wildman–Crippen MR) is 89.6 cm³/mol. The maximum atomic E-state index is 5.98. The Morgan fingerprint density at radius 2 is 2.30 bits per heavy atom. The maximum absolute atomic E-state index is 5.98. The van der Waals surface area contributed by atoms with Gasteiger partial charge in [0.15, 0.2) is 0 Å². The van der Waals surface area contributed by atoms with Crippen LogP contribution in [0.2, 0.25) is 5.02 Å². The average Bonchev–Trinajstić information content (AvgIpc) is 3.15. The van der Waals surface area contributed by atoms with E-state index < -0.39 is 0 Å². The van der Waals surface area contributed by atoms with Gasteiger partial charge < -0.3 is 9.15 Å². The Kier molecular flexibility index (Phi) is 4.59. The number of H-pyrrole nitrogens is 1.